The Morgan fingerprint density at radius 2 is 1.90 bits per heavy atom. The van der Waals surface area contributed by atoms with E-state index < -0.39 is 23.8 Å². The lowest BCUT2D eigenvalue weighted by atomic mass is 10.0. The van der Waals surface area contributed by atoms with Crippen LogP contribution in [0, 0.1) is 0 Å². The zero-order valence-electron chi connectivity index (χ0n) is 21.5. The highest BCUT2D eigenvalue weighted by Crippen LogP contribution is 2.41. The molecule has 4 rings (SSSR count). The summed E-state index contributed by atoms with van der Waals surface area (Å²) in [5.74, 6) is -1.30. The molecule has 2 heterocycles. The zero-order chi connectivity index (χ0) is 28.1. The van der Waals surface area contributed by atoms with Crippen LogP contribution in [-0.2, 0) is 9.53 Å². The van der Waals surface area contributed by atoms with Crippen LogP contribution in [0.25, 0.3) is 10.9 Å². The molecule has 1 atom stereocenters. The molecule has 0 aliphatic rings. The van der Waals surface area contributed by atoms with Crippen molar-refractivity contribution < 1.29 is 28.6 Å². The van der Waals surface area contributed by atoms with Crippen LogP contribution in [0.5, 0.6) is 11.5 Å². The Balaban J connectivity index is 1.97. The lowest BCUT2D eigenvalue weighted by Gasteiger charge is -2.32. The molecule has 3 amide bonds. The number of H-pyrrole nitrogens is 1. The number of aromatic amines is 1. The van der Waals surface area contributed by atoms with Crippen molar-refractivity contribution in [3.63, 3.8) is 0 Å². The van der Waals surface area contributed by atoms with Gasteiger partial charge in [0.2, 0.25) is 5.91 Å². The van der Waals surface area contributed by atoms with E-state index in [1.807, 2.05) is 24.3 Å². The van der Waals surface area contributed by atoms with Gasteiger partial charge in [-0.2, -0.15) is 4.37 Å². The van der Waals surface area contributed by atoms with Gasteiger partial charge in [-0.3, -0.25) is 19.3 Å². The Labute approximate surface area is 228 Å². The molecule has 0 unspecified atom stereocenters. The fourth-order valence-electron chi connectivity index (χ4n) is 4.18. The first-order valence-corrected chi connectivity index (χ1v) is 12.5. The third kappa shape index (κ3) is 5.35. The number of nitrogens with zero attached hydrogens (tertiary/aromatic N) is 2. The van der Waals surface area contributed by atoms with Crippen molar-refractivity contribution in [1.82, 2.24) is 14.7 Å². The van der Waals surface area contributed by atoms with E-state index in [4.69, 9.17) is 25.7 Å². The number of hydrogen-bond acceptors (Lipinski definition) is 9. The Hall–Kier alpha value is -4.62. The van der Waals surface area contributed by atoms with Crippen LogP contribution in [0.3, 0.4) is 0 Å². The molecule has 204 valence electrons. The predicted octanol–water partition coefficient (Wildman–Crippen LogP) is 2.47. The molecule has 0 fully saturated rings. The second-order valence-corrected chi connectivity index (χ2v) is 9.10. The SMILES string of the molecule is COCCNC(=O)[C@@H](c1c[nH]c2ccccc12)N(C(=O)c1snc(C(N)=O)c1N)c1ccc(OC)cc1OC. The molecule has 6 N–H and O–H groups in total. The summed E-state index contributed by atoms with van der Waals surface area (Å²) in [5, 5.41) is 3.56. The van der Waals surface area contributed by atoms with Crippen LogP contribution in [0.4, 0.5) is 11.4 Å². The summed E-state index contributed by atoms with van der Waals surface area (Å²) in [6, 6.07) is 11.0. The van der Waals surface area contributed by atoms with Crippen LogP contribution < -0.4 is 31.2 Å². The number of ether oxygens (including phenoxy) is 3. The number of aromatic nitrogens is 2. The number of nitrogens with two attached hydrogens (primary N) is 2. The van der Waals surface area contributed by atoms with Gasteiger partial charge in [-0.25, -0.2) is 0 Å². The van der Waals surface area contributed by atoms with Crippen molar-refractivity contribution in [3.05, 3.63) is 64.8 Å². The number of benzene rings is 2. The molecule has 39 heavy (non-hydrogen) atoms. The van der Waals surface area contributed by atoms with Gasteiger partial charge >= 0.3 is 0 Å². The summed E-state index contributed by atoms with van der Waals surface area (Å²) in [7, 11) is 4.45. The lowest BCUT2D eigenvalue weighted by molar-refractivity contribution is -0.122. The average molecular weight is 553 g/mol. The molecule has 2 aromatic heterocycles. The lowest BCUT2D eigenvalue weighted by Crippen LogP contribution is -2.44. The number of amides is 3. The largest absolute Gasteiger partial charge is 0.497 e. The van der Waals surface area contributed by atoms with Crippen molar-refractivity contribution in [2.24, 2.45) is 5.73 Å². The van der Waals surface area contributed by atoms with E-state index in [9.17, 15) is 14.4 Å². The Bertz CT molecular complexity index is 1520. The fraction of sp³-hybridized carbons (Fsp3) is 0.231. The van der Waals surface area contributed by atoms with Gasteiger partial charge in [0.25, 0.3) is 11.8 Å². The van der Waals surface area contributed by atoms with E-state index in [0.717, 1.165) is 10.9 Å². The van der Waals surface area contributed by atoms with Gasteiger partial charge in [-0.05, 0) is 29.7 Å². The highest BCUT2D eigenvalue weighted by atomic mass is 32.1. The number of rotatable bonds is 11. The van der Waals surface area contributed by atoms with Crippen molar-refractivity contribution in [2.75, 3.05) is 45.1 Å². The maximum Gasteiger partial charge on any atom is 0.273 e. The number of hydrogen-bond donors (Lipinski definition) is 4. The van der Waals surface area contributed by atoms with Gasteiger partial charge in [0.1, 0.15) is 22.4 Å². The smallest absolute Gasteiger partial charge is 0.273 e. The monoisotopic (exact) mass is 552 g/mol. The predicted molar refractivity (Wildman–Crippen MR) is 147 cm³/mol. The Morgan fingerprint density at radius 1 is 1.13 bits per heavy atom. The third-order valence-electron chi connectivity index (χ3n) is 6.05. The summed E-state index contributed by atoms with van der Waals surface area (Å²) in [6.07, 6.45) is 1.67. The Kier molecular flexibility index (Phi) is 8.32. The average Bonchev–Trinajstić information content (AvgIpc) is 3.54. The van der Waals surface area contributed by atoms with E-state index in [-0.39, 0.29) is 40.8 Å². The van der Waals surface area contributed by atoms with Gasteiger partial charge in [0.05, 0.1) is 32.2 Å². The highest BCUT2D eigenvalue weighted by molar-refractivity contribution is 7.09. The minimum Gasteiger partial charge on any atom is -0.497 e. The molecule has 0 radical (unpaired) electrons. The first-order chi connectivity index (χ1) is 18.8. The van der Waals surface area contributed by atoms with Crippen LogP contribution in [0.15, 0.2) is 48.7 Å². The molecule has 0 bridgehead atoms. The van der Waals surface area contributed by atoms with E-state index in [1.165, 1.54) is 26.2 Å². The normalized spacial score (nSPS) is 11.7. The van der Waals surface area contributed by atoms with Crippen molar-refractivity contribution >= 4 is 51.5 Å². The zero-order valence-corrected chi connectivity index (χ0v) is 22.3. The van der Waals surface area contributed by atoms with E-state index in [2.05, 4.69) is 14.7 Å². The molecule has 0 aliphatic carbocycles. The summed E-state index contributed by atoms with van der Waals surface area (Å²) >= 11 is 0.716. The molecular weight excluding hydrogens is 524 g/mol. The minimum absolute atomic E-state index is 0.0591. The number of carbonyl (C=O) groups excluding carboxylic acids is 3. The summed E-state index contributed by atoms with van der Waals surface area (Å²) in [6.45, 7) is 0.459. The van der Waals surface area contributed by atoms with Crippen molar-refractivity contribution in [2.45, 2.75) is 6.04 Å². The molecular formula is C26H28N6O6S. The van der Waals surface area contributed by atoms with Crippen molar-refractivity contribution in [1.29, 1.82) is 0 Å². The summed E-state index contributed by atoms with van der Waals surface area (Å²) < 4.78 is 20.0. The Morgan fingerprint density at radius 3 is 2.56 bits per heavy atom. The molecule has 12 nitrogen and oxygen atoms in total. The van der Waals surface area contributed by atoms with Crippen LogP contribution >= 0.6 is 11.5 Å². The first-order valence-electron chi connectivity index (χ1n) is 11.8. The van der Waals surface area contributed by atoms with Gasteiger partial charge in [-0.1, -0.05) is 18.2 Å². The van der Waals surface area contributed by atoms with Crippen molar-refractivity contribution in [3.8, 4) is 11.5 Å². The number of nitrogen functional groups attached to an aromatic ring is 1. The van der Waals surface area contributed by atoms with Crippen LogP contribution in [-0.4, -0.2) is 61.6 Å². The number of primary amides is 1. The molecule has 2 aromatic carbocycles. The number of para-hydroxylation sites is 1. The maximum atomic E-state index is 14.3. The molecule has 0 aliphatic heterocycles. The number of methoxy groups -OCH3 is 3. The second-order valence-electron chi connectivity index (χ2n) is 8.33. The molecule has 0 spiro atoms. The standard InChI is InChI=1S/C26H28N6O6S/c1-36-11-10-29-25(34)22(16-13-30-17-7-5-4-6-15(16)17)32(18-9-8-14(37-2)12-19(18)38-3)26(35)23-20(27)21(24(28)33)31-39-23/h4-9,12-13,22,30H,10-11,27H2,1-3H3,(H2,28,33)(H,29,34)/t22-/m1/s1. The number of carbonyl (C=O) groups is 3. The van der Waals surface area contributed by atoms with E-state index >= 15 is 0 Å². The van der Waals surface area contributed by atoms with E-state index in [1.54, 1.807) is 24.4 Å². The molecule has 13 heteroatoms. The number of anilines is 2. The number of fused-ring (bicyclic) bond motifs is 1. The van der Waals surface area contributed by atoms with Gasteiger partial charge in [0.15, 0.2) is 5.69 Å². The van der Waals surface area contributed by atoms with Crippen LogP contribution in [0.1, 0.15) is 31.8 Å². The summed E-state index contributed by atoms with van der Waals surface area (Å²) in [4.78, 5) is 44.4. The molecule has 0 saturated carbocycles. The summed E-state index contributed by atoms with van der Waals surface area (Å²) in [5.41, 5.74) is 12.7. The van der Waals surface area contributed by atoms with E-state index in [0.29, 0.717) is 22.8 Å². The quantitative estimate of drug-likeness (QED) is 0.205. The topological polar surface area (TPSA) is 175 Å². The number of nitrogens with one attached hydrogen (secondary N) is 2. The van der Waals surface area contributed by atoms with Gasteiger partial charge < -0.3 is 36.0 Å². The second kappa shape index (κ2) is 11.8. The minimum atomic E-state index is -1.20. The maximum absolute atomic E-state index is 14.3. The van der Waals surface area contributed by atoms with Crippen LogP contribution in [0.2, 0.25) is 0 Å². The first kappa shape index (κ1) is 27.4. The van der Waals surface area contributed by atoms with Gasteiger partial charge in [0, 0.05) is 42.4 Å². The van der Waals surface area contributed by atoms with Gasteiger partial charge in [-0.15, -0.1) is 0 Å². The molecule has 4 aromatic rings. The fourth-order valence-corrected chi connectivity index (χ4v) is 4.92. The third-order valence-corrected chi connectivity index (χ3v) is 6.90. The highest BCUT2D eigenvalue weighted by Gasteiger charge is 2.38. The molecule has 0 saturated heterocycles.